The van der Waals surface area contributed by atoms with Gasteiger partial charge in [0.2, 0.25) is 5.96 Å². The van der Waals surface area contributed by atoms with Gasteiger partial charge in [0, 0.05) is 19.8 Å². The van der Waals surface area contributed by atoms with E-state index in [1.807, 2.05) is 0 Å². The number of likely N-dealkylation sites (N-methyl/N-ethyl adjacent to an activating group) is 2. The van der Waals surface area contributed by atoms with E-state index < -0.39 is 18.0 Å². The highest BCUT2D eigenvalue weighted by Gasteiger charge is 2.16. The minimum atomic E-state index is -0.968. The van der Waals surface area contributed by atoms with Crippen LogP contribution >= 0.6 is 11.9 Å². The molecule has 0 fully saturated rings. The Hall–Kier alpha value is -1.48. The zero-order valence-corrected chi connectivity index (χ0v) is 11.3. The number of guanidine groups is 1. The number of aliphatic carboxylic acids is 2. The topological polar surface area (TPSA) is 114 Å². The van der Waals surface area contributed by atoms with E-state index in [1.165, 1.54) is 11.9 Å². The maximum absolute atomic E-state index is 10.7. The number of rotatable bonds is 7. The molecule has 0 aromatic heterocycles. The van der Waals surface area contributed by atoms with Crippen LogP contribution in [0.25, 0.3) is 0 Å². The van der Waals surface area contributed by atoms with Gasteiger partial charge in [0.25, 0.3) is 0 Å². The van der Waals surface area contributed by atoms with Crippen molar-refractivity contribution < 1.29 is 19.8 Å². The van der Waals surface area contributed by atoms with Crippen molar-refractivity contribution in [2.45, 2.75) is 6.04 Å². The molecule has 18 heavy (non-hydrogen) atoms. The molecule has 8 nitrogen and oxygen atoms in total. The number of carbonyl (C=O) groups is 2. The van der Waals surface area contributed by atoms with Gasteiger partial charge >= 0.3 is 11.9 Å². The van der Waals surface area contributed by atoms with Crippen LogP contribution in [0.2, 0.25) is 0 Å². The van der Waals surface area contributed by atoms with E-state index in [4.69, 9.17) is 10.2 Å². The fourth-order valence-electron chi connectivity index (χ4n) is 1.04. The SMILES string of the molecule is CN=C(NSC[C@@H](NC)C(=O)O)N(C)CC(=O)O. The second kappa shape index (κ2) is 8.59. The molecule has 0 aliphatic rings. The molecule has 9 heteroatoms. The van der Waals surface area contributed by atoms with E-state index in [-0.39, 0.29) is 12.3 Å². The molecule has 0 unspecified atom stereocenters. The lowest BCUT2D eigenvalue weighted by atomic mass is 10.3. The molecule has 0 aromatic carbocycles. The summed E-state index contributed by atoms with van der Waals surface area (Å²) in [7, 11) is 4.66. The number of carboxylic acids is 2. The first-order valence-corrected chi connectivity index (χ1v) is 6.08. The summed E-state index contributed by atoms with van der Waals surface area (Å²) >= 11 is 1.14. The summed E-state index contributed by atoms with van der Waals surface area (Å²) in [5.41, 5.74) is 0. The first-order valence-electron chi connectivity index (χ1n) is 5.10. The van der Waals surface area contributed by atoms with Gasteiger partial charge in [-0.3, -0.25) is 14.6 Å². The summed E-state index contributed by atoms with van der Waals surface area (Å²) < 4.78 is 2.82. The van der Waals surface area contributed by atoms with Crippen molar-refractivity contribution in [3.8, 4) is 0 Å². The van der Waals surface area contributed by atoms with Crippen molar-refractivity contribution in [1.82, 2.24) is 14.9 Å². The van der Waals surface area contributed by atoms with E-state index in [0.29, 0.717) is 5.96 Å². The minimum Gasteiger partial charge on any atom is -0.480 e. The minimum absolute atomic E-state index is 0.186. The number of hydrogen-bond acceptors (Lipinski definition) is 5. The number of aliphatic imine (C=N–C) groups is 1. The standard InChI is InChI=1S/C9H18N4O4S/c1-10-6(8(16)17)5-18-12-9(11-2)13(3)4-7(14)15/h6,10H,4-5H2,1-3H3,(H,11,12)(H,14,15)(H,16,17)/t6-/m1/s1. The van der Waals surface area contributed by atoms with Crippen LogP contribution < -0.4 is 10.0 Å². The molecule has 0 saturated heterocycles. The molecule has 104 valence electrons. The zero-order chi connectivity index (χ0) is 14.1. The number of nitrogens with one attached hydrogen (secondary N) is 2. The highest BCUT2D eigenvalue weighted by Crippen LogP contribution is 2.00. The third-order valence-corrected chi connectivity index (χ3v) is 2.83. The summed E-state index contributed by atoms with van der Waals surface area (Å²) in [6.45, 7) is -0.186. The molecule has 0 rings (SSSR count). The molecule has 0 saturated carbocycles. The van der Waals surface area contributed by atoms with E-state index in [2.05, 4.69) is 15.0 Å². The van der Waals surface area contributed by atoms with Crippen LogP contribution in [0.5, 0.6) is 0 Å². The quantitative estimate of drug-likeness (QED) is 0.263. The smallest absolute Gasteiger partial charge is 0.323 e. The van der Waals surface area contributed by atoms with Gasteiger partial charge in [-0.1, -0.05) is 0 Å². The average Bonchev–Trinajstić information content (AvgIpc) is 2.27. The van der Waals surface area contributed by atoms with Crippen molar-refractivity contribution in [3.05, 3.63) is 0 Å². The van der Waals surface area contributed by atoms with Crippen molar-refractivity contribution in [2.75, 3.05) is 33.4 Å². The zero-order valence-electron chi connectivity index (χ0n) is 10.5. The Labute approximate surface area is 110 Å². The second-order valence-electron chi connectivity index (χ2n) is 3.39. The first kappa shape index (κ1) is 16.5. The fraction of sp³-hybridized carbons (Fsp3) is 0.667. The van der Waals surface area contributed by atoms with Gasteiger partial charge in [-0.2, -0.15) is 0 Å². The molecule has 0 radical (unpaired) electrons. The lowest BCUT2D eigenvalue weighted by Crippen LogP contribution is -2.41. The lowest BCUT2D eigenvalue weighted by molar-refractivity contribution is -0.139. The predicted molar refractivity (Wildman–Crippen MR) is 69.7 cm³/mol. The van der Waals surface area contributed by atoms with Gasteiger partial charge in [-0.15, -0.1) is 0 Å². The van der Waals surface area contributed by atoms with Crippen LogP contribution in [0.4, 0.5) is 0 Å². The maximum Gasteiger partial charge on any atom is 0.323 e. The van der Waals surface area contributed by atoms with Crippen LogP contribution in [0, 0.1) is 0 Å². The molecule has 1 atom stereocenters. The Kier molecular flexibility index (Phi) is 7.88. The molecule has 0 amide bonds. The average molecular weight is 278 g/mol. The van der Waals surface area contributed by atoms with Gasteiger partial charge in [0.15, 0.2) is 0 Å². The summed E-state index contributed by atoms with van der Waals surface area (Å²) in [5, 5.41) is 20.1. The largest absolute Gasteiger partial charge is 0.480 e. The van der Waals surface area contributed by atoms with Gasteiger partial charge in [-0.25, -0.2) is 0 Å². The second-order valence-corrected chi connectivity index (χ2v) is 4.22. The Morgan fingerprint density at radius 1 is 1.44 bits per heavy atom. The molecular weight excluding hydrogens is 260 g/mol. The highest BCUT2D eigenvalue weighted by atomic mass is 32.2. The van der Waals surface area contributed by atoms with Crippen molar-refractivity contribution >= 4 is 29.8 Å². The molecule has 0 aromatic rings. The molecule has 4 N–H and O–H groups in total. The Balaban J connectivity index is 4.16. The monoisotopic (exact) mass is 278 g/mol. The number of carboxylic acid groups (broad SMARTS) is 2. The molecular formula is C9H18N4O4S. The van der Waals surface area contributed by atoms with E-state index in [0.717, 1.165) is 11.9 Å². The number of nitrogens with zero attached hydrogens (tertiary/aromatic N) is 2. The molecule has 0 aliphatic carbocycles. The Bertz CT molecular complexity index is 324. The first-order chi connectivity index (χ1) is 8.42. The van der Waals surface area contributed by atoms with Crippen LogP contribution in [-0.4, -0.2) is 72.5 Å². The highest BCUT2D eigenvalue weighted by molar-refractivity contribution is 7.98. The third-order valence-electron chi connectivity index (χ3n) is 2.01. The van der Waals surface area contributed by atoms with Crippen molar-refractivity contribution in [1.29, 1.82) is 0 Å². The molecule has 0 aliphatic heterocycles. The normalized spacial score (nSPS) is 12.9. The maximum atomic E-state index is 10.7. The van der Waals surface area contributed by atoms with Gasteiger partial charge in [-0.05, 0) is 19.0 Å². The predicted octanol–water partition coefficient (Wildman–Crippen LogP) is -1.10. The van der Waals surface area contributed by atoms with Crippen molar-refractivity contribution in [3.63, 3.8) is 0 Å². The summed E-state index contributed by atoms with van der Waals surface area (Å²) in [4.78, 5) is 26.6. The summed E-state index contributed by atoms with van der Waals surface area (Å²) in [6.07, 6.45) is 0. The molecule has 0 spiro atoms. The van der Waals surface area contributed by atoms with Gasteiger partial charge < -0.3 is 25.2 Å². The van der Waals surface area contributed by atoms with Crippen LogP contribution in [0.15, 0.2) is 4.99 Å². The van der Waals surface area contributed by atoms with E-state index >= 15 is 0 Å². The summed E-state index contributed by atoms with van der Waals surface area (Å²) in [5.74, 6) is -1.25. The van der Waals surface area contributed by atoms with Crippen molar-refractivity contribution in [2.24, 2.45) is 4.99 Å². The van der Waals surface area contributed by atoms with Gasteiger partial charge in [0.1, 0.15) is 12.6 Å². The van der Waals surface area contributed by atoms with Crippen LogP contribution in [0.1, 0.15) is 0 Å². The third kappa shape index (κ3) is 6.30. The summed E-state index contributed by atoms with van der Waals surface area (Å²) in [6, 6.07) is -0.676. The van der Waals surface area contributed by atoms with Crippen LogP contribution in [0.3, 0.4) is 0 Å². The Morgan fingerprint density at radius 3 is 2.44 bits per heavy atom. The Morgan fingerprint density at radius 2 is 2.06 bits per heavy atom. The van der Waals surface area contributed by atoms with E-state index in [9.17, 15) is 9.59 Å². The molecule has 0 bridgehead atoms. The van der Waals surface area contributed by atoms with E-state index in [1.54, 1.807) is 14.1 Å². The number of hydrogen-bond donors (Lipinski definition) is 4. The lowest BCUT2D eigenvalue weighted by Gasteiger charge is -2.20. The van der Waals surface area contributed by atoms with Crippen LogP contribution in [-0.2, 0) is 9.59 Å². The van der Waals surface area contributed by atoms with Gasteiger partial charge in [0.05, 0.1) is 0 Å². The molecule has 0 heterocycles. The fourth-order valence-corrected chi connectivity index (χ4v) is 1.98.